The number of halogens is 1. The molecule has 8 heteroatoms. The molecular formula is C34H29BrN4O3. The molecule has 0 aliphatic heterocycles. The molecule has 0 aliphatic carbocycles. The summed E-state index contributed by atoms with van der Waals surface area (Å²) >= 11 is 3.47. The first kappa shape index (κ1) is 28.6. The lowest BCUT2D eigenvalue weighted by atomic mass is 10.1. The minimum absolute atomic E-state index is 0.133. The first-order chi connectivity index (χ1) is 20.4. The number of nitrogens with one attached hydrogen (secondary N) is 2. The summed E-state index contributed by atoms with van der Waals surface area (Å²) in [7, 11) is 0. The monoisotopic (exact) mass is 620 g/mol. The molecule has 0 fully saturated rings. The Hall–Kier alpha value is -4.95. The van der Waals surface area contributed by atoms with Crippen molar-refractivity contribution in [2.45, 2.75) is 13.8 Å². The Balaban J connectivity index is 1.16. The van der Waals surface area contributed by atoms with E-state index in [9.17, 15) is 9.59 Å². The summed E-state index contributed by atoms with van der Waals surface area (Å²) in [6.07, 6.45) is 1.54. The van der Waals surface area contributed by atoms with Crippen LogP contribution < -0.4 is 15.5 Å². The second kappa shape index (κ2) is 13.1. The standard InChI is InChI=1S/C34H29BrN4O3/c1-23-8-14-28(15-9-23)37-33(40)22-42-32-19-11-25(20-30(32)35)21-36-38-34(41)27-12-16-29(17-13-27)39-24(2)10-18-31(39)26-6-4-3-5-7-26/h3-21H,22H2,1-2H3,(H,37,40)(H,38,41)/b36-21+. The SMILES string of the molecule is Cc1ccc(NC(=O)COc2ccc(/C=N/NC(=O)c3ccc(-n4c(C)ccc4-c4ccccc4)cc3)cc2Br)cc1. The topological polar surface area (TPSA) is 84.7 Å². The van der Waals surface area contributed by atoms with Gasteiger partial charge in [0.25, 0.3) is 11.8 Å². The average molecular weight is 622 g/mol. The zero-order valence-electron chi connectivity index (χ0n) is 23.2. The highest BCUT2D eigenvalue weighted by Crippen LogP contribution is 2.27. The predicted molar refractivity (Wildman–Crippen MR) is 170 cm³/mol. The molecule has 5 rings (SSSR count). The van der Waals surface area contributed by atoms with Crippen LogP contribution in [0.4, 0.5) is 5.69 Å². The quantitative estimate of drug-likeness (QED) is 0.134. The Morgan fingerprint density at radius 2 is 1.62 bits per heavy atom. The highest BCUT2D eigenvalue weighted by atomic mass is 79.9. The van der Waals surface area contributed by atoms with E-state index < -0.39 is 0 Å². The van der Waals surface area contributed by atoms with E-state index in [2.05, 4.69) is 67.5 Å². The lowest BCUT2D eigenvalue weighted by Gasteiger charge is -2.12. The van der Waals surface area contributed by atoms with Crippen molar-refractivity contribution in [1.82, 2.24) is 9.99 Å². The summed E-state index contributed by atoms with van der Waals surface area (Å²) in [6, 6.07) is 34.7. The number of benzene rings is 4. The van der Waals surface area contributed by atoms with E-state index in [1.807, 2.05) is 61.5 Å². The zero-order valence-corrected chi connectivity index (χ0v) is 24.8. The van der Waals surface area contributed by atoms with Crippen molar-refractivity contribution in [2.75, 3.05) is 11.9 Å². The lowest BCUT2D eigenvalue weighted by Crippen LogP contribution is -2.20. The fraction of sp³-hybridized carbons (Fsp3) is 0.0882. The summed E-state index contributed by atoms with van der Waals surface area (Å²) in [5, 5.41) is 6.90. The maximum Gasteiger partial charge on any atom is 0.271 e. The van der Waals surface area contributed by atoms with Crippen LogP contribution in [-0.2, 0) is 4.79 Å². The second-order valence-corrected chi connectivity index (χ2v) is 10.6. The summed E-state index contributed by atoms with van der Waals surface area (Å²) in [4.78, 5) is 24.9. The van der Waals surface area contributed by atoms with E-state index in [-0.39, 0.29) is 18.4 Å². The van der Waals surface area contributed by atoms with Gasteiger partial charge in [-0.25, -0.2) is 5.43 Å². The van der Waals surface area contributed by atoms with Gasteiger partial charge in [-0.3, -0.25) is 9.59 Å². The molecule has 2 amide bonds. The predicted octanol–water partition coefficient (Wildman–Crippen LogP) is 7.31. The summed E-state index contributed by atoms with van der Waals surface area (Å²) < 4.78 is 8.47. The fourth-order valence-corrected chi connectivity index (χ4v) is 4.91. The molecule has 42 heavy (non-hydrogen) atoms. The van der Waals surface area contributed by atoms with Gasteiger partial charge in [0, 0.05) is 22.6 Å². The average Bonchev–Trinajstić information content (AvgIpc) is 3.39. The molecule has 4 aromatic carbocycles. The van der Waals surface area contributed by atoms with Gasteiger partial charge in [0.2, 0.25) is 0 Å². The van der Waals surface area contributed by atoms with Crippen molar-refractivity contribution < 1.29 is 14.3 Å². The van der Waals surface area contributed by atoms with Gasteiger partial charge < -0.3 is 14.6 Å². The van der Waals surface area contributed by atoms with Crippen molar-refractivity contribution in [3.8, 4) is 22.7 Å². The van der Waals surface area contributed by atoms with Crippen LogP contribution in [0.1, 0.15) is 27.2 Å². The van der Waals surface area contributed by atoms with Crippen LogP contribution in [0.3, 0.4) is 0 Å². The van der Waals surface area contributed by atoms with E-state index in [4.69, 9.17) is 4.74 Å². The van der Waals surface area contributed by atoms with Crippen molar-refractivity contribution in [2.24, 2.45) is 5.10 Å². The highest BCUT2D eigenvalue weighted by Gasteiger charge is 2.11. The summed E-state index contributed by atoms with van der Waals surface area (Å²) in [5.41, 5.74) is 9.92. The summed E-state index contributed by atoms with van der Waals surface area (Å²) in [6.45, 7) is 3.91. The van der Waals surface area contributed by atoms with Gasteiger partial charge in [0.05, 0.1) is 16.4 Å². The van der Waals surface area contributed by atoms with Crippen molar-refractivity contribution in [3.63, 3.8) is 0 Å². The Bertz CT molecular complexity index is 1730. The van der Waals surface area contributed by atoms with E-state index in [0.29, 0.717) is 21.5 Å². The molecule has 0 saturated carbocycles. The third-order valence-corrected chi connectivity index (χ3v) is 7.18. The Kier molecular flexibility index (Phi) is 8.94. The second-order valence-electron chi connectivity index (χ2n) is 9.70. The number of hydrazone groups is 1. The van der Waals surface area contributed by atoms with Gasteiger partial charge >= 0.3 is 0 Å². The molecule has 7 nitrogen and oxygen atoms in total. The first-order valence-corrected chi connectivity index (χ1v) is 14.1. The van der Waals surface area contributed by atoms with Crippen molar-refractivity contribution in [3.05, 3.63) is 136 Å². The zero-order chi connectivity index (χ0) is 29.5. The smallest absolute Gasteiger partial charge is 0.271 e. The van der Waals surface area contributed by atoms with Crippen LogP contribution in [0.5, 0.6) is 5.75 Å². The van der Waals surface area contributed by atoms with Crippen LogP contribution in [0.2, 0.25) is 0 Å². The molecule has 2 N–H and O–H groups in total. The number of rotatable bonds is 9. The van der Waals surface area contributed by atoms with Crippen LogP contribution in [-0.4, -0.2) is 29.2 Å². The first-order valence-electron chi connectivity index (χ1n) is 13.3. The van der Waals surface area contributed by atoms with Crippen molar-refractivity contribution in [1.29, 1.82) is 0 Å². The number of nitrogens with zero attached hydrogens (tertiary/aromatic N) is 2. The molecule has 210 valence electrons. The van der Waals surface area contributed by atoms with Gasteiger partial charge in [-0.05, 0) is 108 Å². The number of aryl methyl sites for hydroxylation is 2. The van der Waals surface area contributed by atoms with Crippen LogP contribution in [0, 0.1) is 13.8 Å². The molecule has 0 bridgehead atoms. The van der Waals surface area contributed by atoms with Crippen molar-refractivity contribution >= 4 is 39.6 Å². The summed E-state index contributed by atoms with van der Waals surface area (Å²) in [5.74, 6) is -0.0557. The number of amides is 2. The van der Waals surface area contributed by atoms with E-state index in [1.54, 1.807) is 36.5 Å². The number of hydrogen-bond donors (Lipinski definition) is 2. The van der Waals surface area contributed by atoms with E-state index >= 15 is 0 Å². The molecule has 0 atom stereocenters. The molecule has 0 spiro atoms. The third-order valence-electron chi connectivity index (χ3n) is 6.56. The number of carbonyl (C=O) groups is 2. The van der Waals surface area contributed by atoms with Crippen LogP contribution in [0.15, 0.2) is 119 Å². The molecule has 1 heterocycles. The van der Waals surface area contributed by atoms with E-state index in [1.165, 1.54) is 0 Å². The third kappa shape index (κ3) is 7.03. The van der Waals surface area contributed by atoms with Crippen LogP contribution in [0.25, 0.3) is 16.9 Å². The van der Waals surface area contributed by atoms with Gasteiger partial charge in [0.1, 0.15) is 5.75 Å². The fourth-order valence-electron chi connectivity index (χ4n) is 4.40. The number of hydrogen-bond acceptors (Lipinski definition) is 4. The normalized spacial score (nSPS) is 10.9. The minimum Gasteiger partial charge on any atom is -0.483 e. The number of anilines is 1. The largest absolute Gasteiger partial charge is 0.483 e. The molecular weight excluding hydrogens is 592 g/mol. The molecule has 0 saturated heterocycles. The van der Waals surface area contributed by atoms with Crippen LogP contribution >= 0.6 is 15.9 Å². The lowest BCUT2D eigenvalue weighted by molar-refractivity contribution is -0.118. The molecule has 0 unspecified atom stereocenters. The molecule has 5 aromatic rings. The van der Waals surface area contributed by atoms with Gasteiger partial charge in [0.15, 0.2) is 6.61 Å². The van der Waals surface area contributed by atoms with Gasteiger partial charge in [-0.15, -0.1) is 0 Å². The molecule has 1 aromatic heterocycles. The van der Waals surface area contributed by atoms with E-state index in [0.717, 1.165) is 33.8 Å². The minimum atomic E-state index is -0.316. The highest BCUT2D eigenvalue weighted by molar-refractivity contribution is 9.10. The van der Waals surface area contributed by atoms with Gasteiger partial charge in [-0.2, -0.15) is 5.10 Å². The maximum atomic E-state index is 12.7. The number of ether oxygens (including phenoxy) is 1. The molecule has 0 radical (unpaired) electrons. The maximum absolute atomic E-state index is 12.7. The Morgan fingerprint density at radius 1 is 0.881 bits per heavy atom. The number of carbonyl (C=O) groups excluding carboxylic acids is 2. The Morgan fingerprint density at radius 3 is 2.33 bits per heavy atom. The number of aromatic nitrogens is 1. The Labute approximate surface area is 253 Å². The van der Waals surface area contributed by atoms with Gasteiger partial charge in [-0.1, -0.05) is 48.0 Å². The molecule has 0 aliphatic rings.